The van der Waals surface area contributed by atoms with Crippen molar-refractivity contribution in [2.75, 3.05) is 0 Å². The topological polar surface area (TPSA) is 75.6 Å². The van der Waals surface area contributed by atoms with Crippen LogP contribution in [-0.4, -0.2) is 23.0 Å². The van der Waals surface area contributed by atoms with Crippen molar-refractivity contribution in [3.8, 4) is 5.75 Å². The first-order chi connectivity index (χ1) is 13.3. The zero-order chi connectivity index (χ0) is 20.7. The zero-order valence-corrected chi connectivity index (χ0v) is 17.7. The Morgan fingerprint density at radius 1 is 1.18 bits per heavy atom. The Labute approximate surface area is 173 Å². The molecule has 0 aliphatic heterocycles. The fourth-order valence-electron chi connectivity index (χ4n) is 2.51. The highest BCUT2D eigenvalue weighted by Crippen LogP contribution is 2.25. The lowest BCUT2D eigenvalue weighted by Crippen LogP contribution is -2.43. The van der Waals surface area contributed by atoms with E-state index in [1.807, 2.05) is 49.4 Å². The minimum Gasteiger partial charge on any atom is -0.488 e. The van der Waals surface area contributed by atoms with Crippen LogP contribution in [0.15, 0.2) is 53.0 Å². The summed E-state index contributed by atoms with van der Waals surface area (Å²) in [5, 5.41) is 11.7. The van der Waals surface area contributed by atoms with Crippen molar-refractivity contribution < 1.29 is 19.4 Å². The molecule has 0 radical (unpaired) electrons. The maximum absolute atomic E-state index is 12.1. The van der Waals surface area contributed by atoms with Crippen molar-refractivity contribution in [2.24, 2.45) is 5.92 Å². The lowest BCUT2D eigenvalue weighted by Gasteiger charge is -2.16. The van der Waals surface area contributed by atoms with Crippen LogP contribution >= 0.6 is 15.9 Å². The van der Waals surface area contributed by atoms with Crippen LogP contribution in [0.5, 0.6) is 5.75 Å². The van der Waals surface area contributed by atoms with E-state index in [9.17, 15) is 14.7 Å². The van der Waals surface area contributed by atoms with Crippen LogP contribution in [0.25, 0.3) is 6.08 Å². The van der Waals surface area contributed by atoms with Crippen molar-refractivity contribution >= 4 is 33.9 Å². The van der Waals surface area contributed by atoms with E-state index in [-0.39, 0.29) is 5.92 Å². The lowest BCUT2D eigenvalue weighted by molar-refractivity contribution is -0.142. The molecule has 0 unspecified atom stereocenters. The molecule has 1 atom stereocenters. The van der Waals surface area contributed by atoms with Crippen molar-refractivity contribution in [3.63, 3.8) is 0 Å². The van der Waals surface area contributed by atoms with Crippen molar-refractivity contribution in [2.45, 2.75) is 33.4 Å². The van der Waals surface area contributed by atoms with Crippen molar-refractivity contribution in [1.29, 1.82) is 0 Å². The molecule has 0 fully saturated rings. The predicted molar refractivity (Wildman–Crippen MR) is 113 cm³/mol. The number of amides is 1. The zero-order valence-electron chi connectivity index (χ0n) is 16.1. The fourth-order valence-corrected chi connectivity index (χ4v) is 2.89. The van der Waals surface area contributed by atoms with Crippen LogP contribution in [0, 0.1) is 12.8 Å². The molecule has 0 bridgehead atoms. The summed E-state index contributed by atoms with van der Waals surface area (Å²) in [7, 11) is 0. The minimum absolute atomic E-state index is 0.214. The number of rotatable bonds is 8. The number of nitrogens with one attached hydrogen (secondary N) is 1. The predicted octanol–water partition coefficient (Wildman–Crippen LogP) is 4.58. The van der Waals surface area contributed by atoms with Gasteiger partial charge in [0.1, 0.15) is 18.4 Å². The third-order valence-electron chi connectivity index (χ3n) is 4.13. The molecule has 0 saturated carbocycles. The third-order valence-corrected chi connectivity index (χ3v) is 4.62. The molecular formula is C22H24BrNO4. The van der Waals surface area contributed by atoms with E-state index in [2.05, 4.69) is 21.2 Å². The number of aliphatic carboxylic acids is 1. The quantitative estimate of drug-likeness (QED) is 0.583. The minimum atomic E-state index is -1.05. The van der Waals surface area contributed by atoms with Crippen molar-refractivity contribution in [1.82, 2.24) is 5.32 Å². The maximum Gasteiger partial charge on any atom is 0.326 e. The van der Waals surface area contributed by atoms with Crippen LogP contribution in [0.3, 0.4) is 0 Å². The molecule has 0 saturated heterocycles. The molecule has 5 nitrogen and oxygen atoms in total. The molecule has 1 amide bonds. The van der Waals surface area contributed by atoms with Gasteiger partial charge in [-0.05, 0) is 42.7 Å². The van der Waals surface area contributed by atoms with E-state index in [4.69, 9.17) is 4.74 Å². The number of benzene rings is 2. The monoisotopic (exact) mass is 445 g/mol. The van der Waals surface area contributed by atoms with Crippen molar-refractivity contribution in [3.05, 3.63) is 69.7 Å². The standard InChI is InChI=1S/C22H24BrNO4/c1-14(2)21(22(26)27)24-20(25)11-8-17-12-18(23)9-10-19(17)28-13-16-6-4-15(3)5-7-16/h4-12,14,21H,13H2,1-3H3,(H,24,25)(H,26,27)/b11-8+/t21-/m0/s1. The number of carbonyl (C=O) groups excluding carboxylic acids is 1. The van der Waals surface area contributed by atoms with E-state index in [1.165, 1.54) is 11.6 Å². The van der Waals surface area contributed by atoms with Gasteiger partial charge in [-0.2, -0.15) is 0 Å². The second-order valence-electron chi connectivity index (χ2n) is 6.86. The molecule has 2 N–H and O–H groups in total. The summed E-state index contributed by atoms with van der Waals surface area (Å²) < 4.78 is 6.76. The van der Waals surface area contributed by atoms with E-state index in [0.29, 0.717) is 17.9 Å². The molecule has 0 aromatic heterocycles. The van der Waals surface area contributed by atoms with Gasteiger partial charge in [-0.3, -0.25) is 4.79 Å². The number of halogens is 1. The number of carbonyl (C=O) groups is 2. The number of ether oxygens (including phenoxy) is 1. The van der Waals surface area contributed by atoms with Crippen LogP contribution in [0.1, 0.15) is 30.5 Å². The SMILES string of the molecule is Cc1ccc(COc2ccc(Br)cc2/C=C/C(=O)N[C@H](C(=O)O)C(C)C)cc1. The van der Waals surface area contributed by atoms with Gasteiger partial charge in [0.15, 0.2) is 0 Å². The van der Waals surface area contributed by atoms with Gasteiger partial charge in [-0.25, -0.2) is 4.79 Å². The smallest absolute Gasteiger partial charge is 0.326 e. The van der Waals surface area contributed by atoms with Gasteiger partial charge in [-0.15, -0.1) is 0 Å². The normalized spacial score (nSPS) is 12.2. The first kappa shape index (κ1) is 21.7. The van der Waals surface area contributed by atoms with E-state index in [1.54, 1.807) is 19.9 Å². The maximum atomic E-state index is 12.1. The summed E-state index contributed by atoms with van der Waals surface area (Å²) in [4.78, 5) is 23.4. The summed E-state index contributed by atoms with van der Waals surface area (Å²) in [5.74, 6) is -1.10. The number of carboxylic acids is 1. The summed E-state index contributed by atoms with van der Waals surface area (Å²) >= 11 is 3.42. The highest BCUT2D eigenvalue weighted by Gasteiger charge is 2.22. The number of aryl methyl sites for hydroxylation is 1. The average Bonchev–Trinajstić information content (AvgIpc) is 2.64. The molecule has 2 rings (SSSR count). The summed E-state index contributed by atoms with van der Waals surface area (Å²) in [5.41, 5.74) is 2.94. The number of hydrogen-bond acceptors (Lipinski definition) is 3. The van der Waals surface area contributed by atoms with E-state index in [0.717, 1.165) is 10.0 Å². The molecule has 2 aromatic carbocycles. The summed E-state index contributed by atoms with van der Waals surface area (Å²) in [6.07, 6.45) is 2.93. The van der Waals surface area contributed by atoms with Gasteiger partial charge in [0, 0.05) is 16.1 Å². The average molecular weight is 446 g/mol. The Bertz CT molecular complexity index is 859. The fraction of sp³-hybridized carbons (Fsp3) is 0.273. The van der Waals surface area contributed by atoms with Gasteiger partial charge in [-0.1, -0.05) is 59.6 Å². The second kappa shape index (κ2) is 10.1. The van der Waals surface area contributed by atoms with Gasteiger partial charge in [0.05, 0.1) is 0 Å². The first-order valence-corrected chi connectivity index (χ1v) is 9.75. The third kappa shape index (κ3) is 6.53. The molecule has 0 aliphatic rings. The molecule has 0 heterocycles. The first-order valence-electron chi connectivity index (χ1n) is 8.95. The Balaban J connectivity index is 2.10. The summed E-state index contributed by atoms with van der Waals surface area (Å²) in [6, 6.07) is 12.7. The highest BCUT2D eigenvalue weighted by molar-refractivity contribution is 9.10. The van der Waals surface area contributed by atoms with Crippen LogP contribution < -0.4 is 10.1 Å². The largest absolute Gasteiger partial charge is 0.488 e. The van der Waals surface area contributed by atoms with Gasteiger partial charge < -0.3 is 15.2 Å². The van der Waals surface area contributed by atoms with Crippen LogP contribution in [0.4, 0.5) is 0 Å². The molecule has 148 valence electrons. The van der Waals surface area contributed by atoms with Gasteiger partial charge in [0.25, 0.3) is 0 Å². The Kier molecular flexibility index (Phi) is 7.81. The Hall–Kier alpha value is -2.60. The van der Waals surface area contributed by atoms with Crippen LogP contribution in [-0.2, 0) is 16.2 Å². The Morgan fingerprint density at radius 2 is 1.86 bits per heavy atom. The number of carboxylic acid groups (broad SMARTS) is 1. The highest BCUT2D eigenvalue weighted by atomic mass is 79.9. The molecule has 0 aliphatic carbocycles. The molecule has 0 spiro atoms. The molecule has 6 heteroatoms. The number of hydrogen-bond donors (Lipinski definition) is 2. The van der Waals surface area contributed by atoms with Gasteiger partial charge >= 0.3 is 5.97 Å². The van der Waals surface area contributed by atoms with E-state index < -0.39 is 17.9 Å². The summed E-state index contributed by atoms with van der Waals surface area (Å²) in [6.45, 7) is 5.92. The second-order valence-corrected chi connectivity index (χ2v) is 7.77. The molecule has 2 aromatic rings. The Morgan fingerprint density at radius 3 is 2.46 bits per heavy atom. The molecular weight excluding hydrogens is 422 g/mol. The van der Waals surface area contributed by atoms with Crippen LogP contribution in [0.2, 0.25) is 0 Å². The lowest BCUT2D eigenvalue weighted by atomic mass is 10.0. The van der Waals surface area contributed by atoms with E-state index >= 15 is 0 Å². The van der Waals surface area contributed by atoms with Gasteiger partial charge in [0.2, 0.25) is 5.91 Å². The molecule has 28 heavy (non-hydrogen) atoms.